The lowest BCUT2D eigenvalue weighted by Crippen LogP contribution is -2.46. The summed E-state index contributed by atoms with van der Waals surface area (Å²) in [6, 6.07) is 11.3. The summed E-state index contributed by atoms with van der Waals surface area (Å²) in [5, 5.41) is 2.45. The van der Waals surface area contributed by atoms with Gasteiger partial charge in [0.1, 0.15) is 18.3 Å². The predicted molar refractivity (Wildman–Crippen MR) is 123 cm³/mol. The number of nitrogens with one attached hydrogen (secondary N) is 1. The Morgan fingerprint density at radius 3 is 2.33 bits per heavy atom. The summed E-state index contributed by atoms with van der Waals surface area (Å²) in [5.41, 5.74) is 0.0748. The van der Waals surface area contributed by atoms with Crippen LogP contribution in [0.2, 0.25) is 0 Å². The molecule has 2 aromatic rings. The third-order valence-electron chi connectivity index (χ3n) is 4.97. The molecule has 1 N–H and O–H groups in total. The summed E-state index contributed by atoms with van der Waals surface area (Å²) >= 11 is 0. The highest BCUT2D eigenvalue weighted by molar-refractivity contribution is 5.94. The lowest BCUT2D eigenvalue weighted by Gasteiger charge is -2.23. The Bertz CT molecular complexity index is 1030. The van der Waals surface area contributed by atoms with Crippen LogP contribution in [0.3, 0.4) is 0 Å². The molecule has 0 radical (unpaired) electrons. The monoisotopic (exact) mass is 458 g/mol. The van der Waals surface area contributed by atoms with E-state index in [0.717, 1.165) is 5.56 Å². The number of Topliss-reactive ketones (excluding diaryl/α,β-unsaturated/α-hetero) is 1. The number of ether oxygens (including phenoxy) is 1. The first-order valence-electron chi connectivity index (χ1n) is 10.9. The predicted octanol–water partition coefficient (Wildman–Crippen LogP) is 3.15. The molecule has 1 aromatic heterocycles. The minimum Gasteiger partial charge on any atom is -0.460 e. The fourth-order valence-corrected chi connectivity index (χ4v) is 3.43. The van der Waals surface area contributed by atoms with E-state index < -0.39 is 48.3 Å². The Morgan fingerprint density at radius 1 is 1.09 bits per heavy atom. The molecule has 2 atom stereocenters. The van der Waals surface area contributed by atoms with Crippen LogP contribution in [0.1, 0.15) is 57.6 Å². The van der Waals surface area contributed by atoms with Gasteiger partial charge in [0.25, 0.3) is 5.56 Å². The molecule has 2 rings (SSSR count). The highest BCUT2D eigenvalue weighted by Crippen LogP contribution is 2.18. The molecule has 0 aliphatic rings. The van der Waals surface area contributed by atoms with Crippen LogP contribution in [0.5, 0.6) is 0 Å². The van der Waals surface area contributed by atoms with Gasteiger partial charge in [0.2, 0.25) is 5.91 Å². The molecular formula is C25H31FN2O5. The Balaban J connectivity index is 2.23. The second-order valence-corrected chi connectivity index (χ2v) is 8.79. The van der Waals surface area contributed by atoms with E-state index in [1.807, 2.05) is 30.3 Å². The van der Waals surface area contributed by atoms with Crippen LogP contribution >= 0.6 is 0 Å². The molecule has 8 heteroatoms. The van der Waals surface area contributed by atoms with E-state index in [2.05, 4.69) is 5.32 Å². The van der Waals surface area contributed by atoms with Crippen molar-refractivity contribution in [1.29, 1.82) is 0 Å². The molecule has 0 spiro atoms. The zero-order valence-electron chi connectivity index (χ0n) is 19.5. The van der Waals surface area contributed by atoms with E-state index in [1.165, 1.54) is 4.57 Å². The Morgan fingerprint density at radius 2 is 1.76 bits per heavy atom. The lowest BCUT2D eigenvalue weighted by molar-refractivity contribution is -0.156. The van der Waals surface area contributed by atoms with Crippen molar-refractivity contribution in [2.75, 3.05) is 6.67 Å². The summed E-state index contributed by atoms with van der Waals surface area (Å²) in [7, 11) is 0. The number of hydrogen-bond acceptors (Lipinski definition) is 5. The largest absolute Gasteiger partial charge is 0.460 e. The maximum absolute atomic E-state index is 13.1. The maximum Gasteiger partial charge on any atom is 0.308 e. The molecule has 1 heterocycles. The van der Waals surface area contributed by atoms with E-state index in [-0.39, 0.29) is 17.5 Å². The van der Waals surface area contributed by atoms with Crippen LogP contribution in [-0.2, 0) is 25.7 Å². The second-order valence-electron chi connectivity index (χ2n) is 8.79. The van der Waals surface area contributed by atoms with Crippen molar-refractivity contribution in [3.05, 3.63) is 70.1 Å². The Hall–Kier alpha value is -3.29. The van der Waals surface area contributed by atoms with Gasteiger partial charge in [-0.05, 0) is 38.8 Å². The molecule has 2 unspecified atom stereocenters. The quantitative estimate of drug-likeness (QED) is 0.552. The van der Waals surface area contributed by atoms with Crippen molar-refractivity contribution < 1.29 is 23.5 Å². The highest BCUT2D eigenvalue weighted by Gasteiger charge is 2.30. The van der Waals surface area contributed by atoms with Crippen LogP contribution < -0.4 is 10.9 Å². The number of alkyl halides is 1. The number of carbonyl (C=O) groups excluding carboxylic acids is 3. The number of esters is 1. The number of benzene rings is 1. The summed E-state index contributed by atoms with van der Waals surface area (Å²) in [5.74, 6) is -3.15. The van der Waals surface area contributed by atoms with E-state index in [0.29, 0.717) is 6.54 Å². The van der Waals surface area contributed by atoms with Gasteiger partial charge in [-0.3, -0.25) is 19.2 Å². The second kappa shape index (κ2) is 11.5. The summed E-state index contributed by atoms with van der Waals surface area (Å²) < 4.78 is 19.8. The third kappa shape index (κ3) is 7.66. The van der Waals surface area contributed by atoms with Crippen LogP contribution in [0.25, 0.3) is 0 Å². The fraction of sp³-hybridized carbons (Fsp3) is 0.440. The summed E-state index contributed by atoms with van der Waals surface area (Å²) in [6.45, 7) is 5.74. The molecule has 0 bridgehead atoms. The normalized spacial score (nSPS) is 13.1. The average Bonchev–Trinajstić information content (AvgIpc) is 2.75. The van der Waals surface area contributed by atoms with Gasteiger partial charge in [0.15, 0.2) is 5.78 Å². The standard InChI is InChI=1S/C25H31FN2O5/c1-5-18(19-12-9-13-28(24(19)32)16-17-10-7-6-8-11-17)23(31)27-20(21(29)15-26)14-22(30)33-25(2,3)4/h6-13,18,20H,5,14-16H2,1-4H3,(H,27,31). The van der Waals surface area contributed by atoms with E-state index in [9.17, 15) is 23.6 Å². The fourth-order valence-electron chi connectivity index (χ4n) is 3.43. The topological polar surface area (TPSA) is 94.5 Å². The van der Waals surface area contributed by atoms with E-state index in [4.69, 9.17) is 4.74 Å². The average molecular weight is 459 g/mol. The minimum atomic E-state index is -1.37. The number of amides is 1. The number of ketones is 1. The van der Waals surface area contributed by atoms with Crippen LogP contribution in [0.15, 0.2) is 53.5 Å². The van der Waals surface area contributed by atoms with Crippen molar-refractivity contribution in [2.45, 2.75) is 64.6 Å². The molecule has 0 saturated heterocycles. The molecule has 33 heavy (non-hydrogen) atoms. The van der Waals surface area contributed by atoms with Gasteiger partial charge in [0.05, 0.1) is 18.9 Å². The minimum absolute atomic E-state index is 0.261. The van der Waals surface area contributed by atoms with Crippen LogP contribution in [0, 0.1) is 0 Å². The molecule has 7 nitrogen and oxygen atoms in total. The Kier molecular flexibility index (Phi) is 9.08. The van der Waals surface area contributed by atoms with Gasteiger partial charge in [-0.1, -0.05) is 43.3 Å². The third-order valence-corrected chi connectivity index (χ3v) is 4.97. The summed E-state index contributed by atoms with van der Waals surface area (Å²) in [6.07, 6.45) is 1.43. The smallest absolute Gasteiger partial charge is 0.308 e. The van der Waals surface area contributed by atoms with Gasteiger partial charge in [-0.15, -0.1) is 0 Å². The first-order chi connectivity index (χ1) is 15.6. The van der Waals surface area contributed by atoms with Crippen LogP contribution in [0.4, 0.5) is 4.39 Å². The van der Waals surface area contributed by atoms with Gasteiger partial charge >= 0.3 is 5.97 Å². The summed E-state index contributed by atoms with van der Waals surface area (Å²) in [4.78, 5) is 50.3. The van der Waals surface area contributed by atoms with Crippen LogP contribution in [-0.4, -0.2) is 40.5 Å². The SMILES string of the molecule is CCC(C(=O)NC(CC(=O)OC(C)(C)C)C(=O)CF)c1cccn(Cc2ccccc2)c1=O. The molecule has 0 fully saturated rings. The molecular weight excluding hydrogens is 427 g/mol. The van der Waals surface area contributed by atoms with Crippen molar-refractivity contribution in [2.24, 2.45) is 0 Å². The van der Waals surface area contributed by atoms with Gasteiger partial charge < -0.3 is 14.6 Å². The van der Waals surface area contributed by atoms with Crippen molar-refractivity contribution in [3.8, 4) is 0 Å². The molecule has 0 saturated carbocycles. The zero-order chi connectivity index (χ0) is 24.6. The molecule has 178 valence electrons. The van der Waals surface area contributed by atoms with Crippen molar-refractivity contribution in [3.63, 3.8) is 0 Å². The van der Waals surface area contributed by atoms with Gasteiger partial charge in [-0.25, -0.2) is 4.39 Å². The van der Waals surface area contributed by atoms with Gasteiger partial charge in [-0.2, -0.15) is 0 Å². The molecule has 1 amide bonds. The number of halogens is 1. The Labute approximate surface area is 193 Å². The van der Waals surface area contributed by atoms with Crippen molar-refractivity contribution in [1.82, 2.24) is 9.88 Å². The molecule has 0 aliphatic carbocycles. The molecule has 0 aliphatic heterocycles. The van der Waals surface area contributed by atoms with Crippen molar-refractivity contribution >= 4 is 17.7 Å². The first kappa shape index (κ1) is 26.0. The number of rotatable bonds is 10. The highest BCUT2D eigenvalue weighted by atomic mass is 19.1. The number of pyridine rings is 1. The molecule has 1 aromatic carbocycles. The number of aromatic nitrogens is 1. The lowest BCUT2D eigenvalue weighted by atomic mass is 9.95. The zero-order valence-corrected chi connectivity index (χ0v) is 19.5. The maximum atomic E-state index is 13.1. The van der Waals surface area contributed by atoms with E-state index in [1.54, 1.807) is 46.0 Å². The van der Waals surface area contributed by atoms with Gasteiger partial charge in [0, 0.05) is 11.8 Å². The number of hydrogen-bond donors (Lipinski definition) is 1. The van der Waals surface area contributed by atoms with E-state index >= 15 is 0 Å². The number of carbonyl (C=O) groups is 3. The first-order valence-corrected chi connectivity index (χ1v) is 10.9. The number of nitrogens with zero attached hydrogens (tertiary/aromatic N) is 1.